The van der Waals surface area contributed by atoms with E-state index >= 15 is 0 Å². The van der Waals surface area contributed by atoms with E-state index in [0.717, 1.165) is 38.4 Å². The Bertz CT molecular complexity index is 989. The van der Waals surface area contributed by atoms with Crippen molar-refractivity contribution in [2.45, 2.75) is 58.7 Å². The molecule has 3 fully saturated rings. The van der Waals surface area contributed by atoms with E-state index in [1.807, 2.05) is 32.9 Å². The summed E-state index contributed by atoms with van der Waals surface area (Å²) < 4.78 is 32.6. The number of likely N-dealkylation sites (N-methyl/N-ethyl adjacent to an activating group) is 1. The molecule has 0 saturated carbocycles. The third kappa shape index (κ3) is 6.12. The van der Waals surface area contributed by atoms with Gasteiger partial charge in [-0.25, -0.2) is 8.78 Å². The highest BCUT2D eigenvalue weighted by Crippen LogP contribution is 2.36. The van der Waals surface area contributed by atoms with Crippen LogP contribution in [0.4, 0.5) is 14.5 Å². The van der Waals surface area contributed by atoms with Crippen LogP contribution in [0.5, 0.6) is 0 Å². The number of anilines is 1. The van der Waals surface area contributed by atoms with Crippen LogP contribution in [0.1, 0.15) is 44.5 Å². The minimum atomic E-state index is -2.71. The quantitative estimate of drug-likeness (QED) is 0.595. The van der Waals surface area contributed by atoms with Gasteiger partial charge in [-0.3, -0.25) is 14.4 Å². The number of nitrogens with one attached hydrogen (secondary N) is 1. The monoisotopic (exact) mass is 520 g/mol. The lowest BCUT2D eigenvalue weighted by atomic mass is 9.87. The van der Waals surface area contributed by atoms with Crippen LogP contribution in [0.15, 0.2) is 24.3 Å². The van der Waals surface area contributed by atoms with Crippen LogP contribution in [0.3, 0.4) is 0 Å². The minimum absolute atomic E-state index is 0.270. The second-order valence-electron chi connectivity index (χ2n) is 11.4. The number of Topliss-reactive ketones (excluding diaryl/α,β-unsaturated/α-hetero) is 1. The average Bonchev–Trinajstić information content (AvgIpc) is 3.43. The topological polar surface area (TPSA) is 82.2 Å². The normalized spacial score (nSPS) is 25.5. The average molecular weight is 521 g/mol. The molecule has 0 aromatic heterocycles. The van der Waals surface area contributed by atoms with E-state index in [1.54, 1.807) is 12.1 Å². The molecule has 4 atom stereocenters. The molecule has 0 spiro atoms. The molecule has 3 heterocycles. The van der Waals surface area contributed by atoms with Gasteiger partial charge in [-0.1, -0.05) is 27.7 Å². The molecule has 0 bridgehead atoms. The number of ketones is 1. The molecule has 0 aliphatic carbocycles. The Morgan fingerprint density at radius 3 is 2.32 bits per heavy atom. The number of ether oxygens (including phenoxy) is 1. The summed E-state index contributed by atoms with van der Waals surface area (Å²) in [4.78, 5) is 45.1. The fourth-order valence-electron chi connectivity index (χ4n) is 5.54. The van der Waals surface area contributed by atoms with E-state index < -0.39 is 42.3 Å². The first-order chi connectivity index (χ1) is 17.5. The number of likely N-dealkylation sites (tertiary alicyclic amines) is 1. The number of rotatable bonds is 7. The zero-order valence-corrected chi connectivity index (χ0v) is 22.1. The van der Waals surface area contributed by atoms with Crippen molar-refractivity contribution in [1.82, 2.24) is 15.1 Å². The molecule has 3 aliphatic heterocycles. The van der Waals surface area contributed by atoms with Gasteiger partial charge >= 0.3 is 0 Å². The molecule has 1 N–H and O–H groups in total. The van der Waals surface area contributed by atoms with Gasteiger partial charge in [-0.2, -0.15) is 0 Å². The largest absolute Gasteiger partial charge is 0.369 e. The van der Waals surface area contributed by atoms with Gasteiger partial charge in [0.15, 0.2) is 5.78 Å². The van der Waals surface area contributed by atoms with Crippen LogP contribution in [0.2, 0.25) is 0 Å². The SMILES string of the molecule is CCN1CCN(c2ccc(C(=O)N[C@@H](CC(C)(C)C)C(=O)N3C[C@@H](C(F)F)[C@H]4OCC(=O)[C@H]43)cc2)CC1. The molecule has 2 amide bonds. The molecule has 204 valence electrons. The summed E-state index contributed by atoms with van der Waals surface area (Å²) in [6.07, 6.45) is -3.43. The molecule has 3 aliphatic rings. The second-order valence-corrected chi connectivity index (χ2v) is 11.4. The molecule has 8 nitrogen and oxygen atoms in total. The summed E-state index contributed by atoms with van der Waals surface area (Å²) in [5.41, 5.74) is 1.11. The fourth-order valence-corrected chi connectivity index (χ4v) is 5.54. The van der Waals surface area contributed by atoms with Crippen LogP contribution in [0, 0.1) is 11.3 Å². The Balaban J connectivity index is 1.47. The highest BCUT2D eigenvalue weighted by Gasteiger charge is 2.55. The number of fused-ring (bicyclic) bond motifs is 1. The maximum atomic E-state index is 13.6. The number of carbonyl (C=O) groups is 3. The molecule has 0 unspecified atom stereocenters. The van der Waals surface area contributed by atoms with Gasteiger partial charge in [-0.15, -0.1) is 0 Å². The third-order valence-corrected chi connectivity index (χ3v) is 7.57. The summed E-state index contributed by atoms with van der Waals surface area (Å²) in [5.74, 6) is -2.54. The first-order valence-corrected chi connectivity index (χ1v) is 13.1. The van der Waals surface area contributed by atoms with Crippen molar-refractivity contribution in [2.24, 2.45) is 11.3 Å². The zero-order chi connectivity index (χ0) is 26.9. The molecule has 0 radical (unpaired) electrons. The standard InChI is InChI=1S/C27H38F2N4O4/c1-5-31-10-12-32(13-11-31)18-8-6-17(7-9-18)25(35)30-20(14-27(2,3)4)26(36)33-15-19(24(28)29)23-22(33)21(34)16-37-23/h6-9,19-20,22-24H,5,10-16H2,1-4H3,(H,30,35)/t19-,20+,22-,23-/m1/s1. The van der Waals surface area contributed by atoms with Crippen molar-refractivity contribution in [3.05, 3.63) is 29.8 Å². The lowest BCUT2D eigenvalue weighted by Gasteiger charge is -2.35. The van der Waals surface area contributed by atoms with Crippen LogP contribution in [-0.2, 0) is 14.3 Å². The summed E-state index contributed by atoms with van der Waals surface area (Å²) in [6.45, 7) is 12.3. The van der Waals surface area contributed by atoms with Gasteiger partial charge in [0, 0.05) is 44.0 Å². The van der Waals surface area contributed by atoms with E-state index in [1.165, 1.54) is 4.90 Å². The molecule has 4 rings (SSSR count). The predicted octanol–water partition coefficient (Wildman–Crippen LogP) is 2.42. The third-order valence-electron chi connectivity index (χ3n) is 7.57. The fraction of sp³-hybridized carbons (Fsp3) is 0.667. The van der Waals surface area contributed by atoms with Crippen molar-refractivity contribution < 1.29 is 27.9 Å². The van der Waals surface area contributed by atoms with E-state index in [9.17, 15) is 23.2 Å². The van der Waals surface area contributed by atoms with Crippen molar-refractivity contribution in [1.29, 1.82) is 0 Å². The van der Waals surface area contributed by atoms with Crippen molar-refractivity contribution >= 4 is 23.3 Å². The van der Waals surface area contributed by atoms with Crippen LogP contribution in [0.25, 0.3) is 0 Å². The lowest BCUT2D eigenvalue weighted by molar-refractivity contribution is -0.138. The summed E-state index contributed by atoms with van der Waals surface area (Å²) >= 11 is 0. The van der Waals surface area contributed by atoms with Gasteiger partial charge in [0.25, 0.3) is 5.91 Å². The molecular formula is C27H38F2N4O4. The highest BCUT2D eigenvalue weighted by atomic mass is 19.3. The molecule has 1 aromatic carbocycles. The number of alkyl halides is 2. The maximum Gasteiger partial charge on any atom is 0.251 e. The Kier molecular flexibility index (Phi) is 8.18. The Morgan fingerprint density at radius 1 is 1.11 bits per heavy atom. The number of hydrogen-bond acceptors (Lipinski definition) is 6. The molecule has 10 heteroatoms. The van der Waals surface area contributed by atoms with Crippen LogP contribution >= 0.6 is 0 Å². The van der Waals surface area contributed by atoms with E-state index in [2.05, 4.69) is 22.0 Å². The number of piperazine rings is 1. The maximum absolute atomic E-state index is 13.6. The van der Waals surface area contributed by atoms with Gasteiger partial charge in [0.1, 0.15) is 18.7 Å². The second kappa shape index (κ2) is 11.0. The Morgan fingerprint density at radius 2 is 1.76 bits per heavy atom. The lowest BCUT2D eigenvalue weighted by Crippen LogP contribution is -2.53. The highest BCUT2D eigenvalue weighted by molar-refractivity contribution is 5.99. The van der Waals surface area contributed by atoms with E-state index in [4.69, 9.17) is 4.74 Å². The Labute approximate surface area is 217 Å². The molecule has 37 heavy (non-hydrogen) atoms. The number of carbonyl (C=O) groups excluding carboxylic acids is 3. The first kappa shape index (κ1) is 27.4. The molecular weight excluding hydrogens is 482 g/mol. The van der Waals surface area contributed by atoms with E-state index in [-0.39, 0.29) is 24.3 Å². The van der Waals surface area contributed by atoms with Gasteiger partial charge in [0.2, 0.25) is 12.3 Å². The smallest absolute Gasteiger partial charge is 0.251 e. The number of halogens is 2. The summed E-state index contributed by atoms with van der Waals surface area (Å²) in [5, 5.41) is 2.83. The molecule has 1 aromatic rings. The van der Waals surface area contributed by atoms with Crippen molar-refractivity contribution in [2.75, 3.05) is 50.8 Å². The van der Waals surface area contributed by atoms with Crippen LogP contribution in [-0.4, -0.2) is 97.9 Å². The number of hydrogen-bond donors (Lipinski definition) is 1. The number of benzene rings is 1. The number of nitrogens with zero attached hydrogens (tertiary/aromatic N) is 3. The molecule has 3 saturated heterocycles. The summed E-state index contributed by atoms with van der Waals surface area (Å²) in [6, 6.07) is 5.30. The summed E-state index contributed by atoms with van der Waals surface area (Å²) in [7, 11) is 0. The van der Waals surface area contributed by atoms with E-state index in [0.29, 0.717) is 12.0 Å². The zero-order valence-electron chi connectivity index (χ0n) is 22.1. The van der Waals surface area contributed by atoms with Gasteiger partial charge < -0.3 is 24.8 Å². The van der Waals surface area contributed by atoms with Crippen LogP contribution < -0.4 is 10.2 Å². The van der Waals surface area contributed by atoms with Crippen molar-refractivity contribution in [3.8, 4) is 0 Å². The Hall–Kier alpha value is -2.59. The van der Waals surface area contributed by atoms with Gasteiger partial charge in [-0.05, 0) is 42.6 Å². The van der Waals surface area contributed by atoms with Gasteiger partial charge in [0.05, 0.1) is 12.0 Å². The first-order valence-electron chi connectivity index (χ1n) is 13.1. The van der Waals surface area contributed by atoms with Crippen molar-refractivity contribution in [3.63, 3.8) is 0 Å². The minimum Gasteiger partial charge on any atom is -0.369 e. The number of amides is 2. The predicted molar refractivity (Wildman–Crippen MR) is 136 cm³/mol.